The third kappa shape index (κ3) is 6.19. The van der Waals surface area contributed by atoms with Crippen molar-refractivity contribution in [3.05, 3.63) is 101 Å². The summed E-state index contributed by atoms with van der Waals surface area (Å²) in [5.74, 6) is 0.684. The number of pyridine rings is 1. The van der Waals surface area contributed by atoms with E-state index in [4.69, 9.17) is 4.74 Å². The Morgan fingerprint density at radius 3 is 2.26 bits per heavy atom. The topological polar surface area (TPSA) is 28.6 Å². The summed E-state index contributed by atoms with van der Waals surface area (Å²) in [5.41, 5.74) is 5.83. The van der Waals surface area contributed by atoms with Gasteiger partial charge < -0.3 is 4.74 Å². The molecule has 0 N–H and O–H groups in total. The molecule has 4 heteroatoms. The first-order chi connectivity index (χ1) is 17.3. The Bertz CT molecular complexity index is 1010. The summed E-state index contributed by atoms with van der Waals surface area (Å²) >= 11 is 0. The van der Waals surface area contributed by atoms with Crippen molar-refractivity contribution in [2.24, 2.45) is 5.92 Å². The molecule has 1 aliphatic heterocycles. The van der Waals surface area contributed by atoms with Crippen molar-refractivity contribution in [2.45, 2.75) is 50.7 Å². The van der Waals surface area contributed by atoms with Crippen LogP contribution in [-0.4, -0.2) is 60.2 Å². The number of aromatic nitrogens is 1. The second kappa shape index (κ2) is 11.9. The van der Waals surface area contributed by atoms with Gasteiger partial charge in [-0.25, -0.2) is 0 Å². The van der Waals surface area contributed by atoms with Crippen LogP contribution in [0.3, 0.4) is 0 Å². The third-order valence-corrected chi connectivity index (χ3v) is 8.11. The van der Waals surface area contributed by atoms with Gasteiger partial charge in [0.05, 0.1) is 6.61 Å². The molecule has 3 aromatic rings. The van der Waals surface area contributed by atoms with Crippen molar-refractivity contribution >= 4 is 0 Å². The first-order valence-electron chi connectivity index (χ1n) is 13.3. The monoisotopic (exact) mass is 469 g/mol. The number of piperidine rings is 1. The van der Waals surface area contributed by atoms with Crippen molar-refractivity contribution in [2.75, 3.05) is 33.4 Å². The second-order valence-electron chi connectivity index (χ2n) is 10.3. The molecule has 2 aliphatic rings. The Labute approximate surface area is 210 Å². The molecule has 5 rings (SSSR count). The molecule has 0 radical (unpaired) electrons. The van der Waals surface area contributed by atoms with E-state index in [1.54, 1.807) is 11.1 Å². The number of hydrogen-bond acceptors (Lipinski definition) is 4. The number of likely N-dealkylation sites (tertiary alicyclic amines) is 1. The number of rotatable bonds is 10. The molecule has 184 valence electrons. The summed E-state index contributed by atoms with van der Waals surface area (Å²) in [6, 6.07) is 25.5. The van der Waals surface area contributed by atoms with Crippen LogP contribution >= 0.6 is 0 Å². The van der Waals surface area contributed by atoms with Crippen LogP contribution in [0.15, 0.2) is 79.1 Å². The van der Waals surface area contributed by atoms with Gasteiger partial charge in [-0.05, 0) is 79.4 Å². The van der Waals surface area contributed by atoms with E-state index in [1.807, 2.05) is 25.6 Å². The van der Waals surface area contributed by atoms with Gasteiger partial charge in [-0.3, -0.25) is 14.8 Å². The van der Waals surface area contributed by atoms with Crippen LogP contribution in [0, 0.1) is 5.92 Å². The number of benzene rings is 2. The van der Waals surface area contributed by atoms with Gasteiger partial charge in [0.1, 0.15) is 0 Å². The molecule has 2 aromatic carbocycles. The van der Waals surface area contributed by atoms with Crippen LogP contribution in [0.1, 0.15) is 35.1 Å². The van der Waals surface area contributed by atoms with Gasteiger partial charge in [0.2, 0.25) is 0 Å². The van der Waals surface area contributed by atoms with Crippen LogP contribution in [-0.2, 0) is 30.5 Å². The van der Waals surface area contributed by atoms with Crippen molar-refractivity contribution in [1.29, 1.82) is 0 Å². The summed E-state index contributed by atoms with van der Waals surface area (Å²) in [5, 5.41) is 0. The smallest absolute Gasteiger partial charge is 0.0589 e. The first kappa shape index (κ1) is 24.2. The minimum atomic E-state index is 0.496. The maximum absolute atomic E-state index is 5.55. The molecule has 1 aromatic heterocycles. The number of fused-ring (bicyclic) bond motifs is 1. The number of hydrogen-bond donors (Lipinski definition) is 0. The van der Waals surface area contributed by atoms with Gasteiger partial charge in [-0.1, -0.05) is 60.7 Å². The Kier molecular flexibility index (Phi) is 8.25. The van der Waals surface area contributed by atoms with E-state index in [2.05, 4.69) is 75.4 Å². The zero-order valence-electron chi connectivity index (χ0n) is 21.1. The maximum Gasteiger partial charge on any atom is 0.0589 e. The van der Waals surface area contributed by atoms with Crippen LogP contribution in [0.25, 0.3) is 0 Å². The Hall–Kier alpha value is -2.53. The lowest BCUT2D eigenvalue weighted by Gasteiger charge is -2.43. The van der Waals surface area contributed by atoms with E-state index >= 15 is 0 Å². The zero-order chi connectivity index (χ0) is 23.9. The summed E-state index contributed by atoms with van der Waals surface area (Å²) in [6.07, 6.45) is 9.93. The van der Waals surface area contributed by atoms with E-state index in [9.17, 15) is 0 Å². The van der Waals surface area contributed by atoms with Crippen molar-refractivity contribution in [3.8, 4) is 0 Å². The highest BCUT2D eigenvalue weighted by Crippen LogP contribution is 2.32. The molecule has 0 amide bonds. The van der Waals surface area contributed by atoms with Gasteiger partial charge in [0, 0.05) is 44.7 Å². The Morgan fingerprint density at radius 2 is 1.60 bits per heavy atom. The molecular weight excluding hydrogens is 430 g/mol. The SMILES string of the molecule is COCCN(Cc1cccnc1)[C@@H](Cc1ccccc1)C1CCN(C2Cc3ccccc3C2)CC1. The van der Waals surface area contributed by atoms with Gasteiger partial charge in [0.25, 0.3) is 0 Å². The largest absolute Gasteiger partial charge is 0.383 e. The summed E-state index contributed by atoms with van der Waals surface area (Å²) in [4.78, 5) is 9.82. The van der Waals surface area contributed by atoms with Gasteiger partial charge in [-0.2, -0.15) is 0 Å². The fraction of sp³-hybridized carbons (Fsp3) is 0.452. The number of ether oxygens (including phenoxy) is 1. The standard InChI is InChI=1S/C31H39N3O/c1-35-19-18-34(24-26-10-7-15-32-23-26)31(20-25-8-3-2-4-9-25)27-13-16-33(17-14-27)30-21-28-11-5-6-12-29(28)22-30/h2-12,15,23,27,30-31H,13-14,16-22,24H2,1H3/t31-/m0/s1. The number of nitrogens with zero attached hydrogens (tertiary/aromatic N) is 3. The number of methoxy groups -OCH3 is 1. The lowest BCUT2D eigenvalue weighted by Crippen LogP contribution is -2.49. The van der Waals surface area contributed by atoms with Crippen LogP contribution in [0.5, 0.6) is 0 Å². The van der Waals surface area contributed by atoms with Gasteiger partial charge in [0.15, 0.2) is 0 Å². The molecule has 0 spiro atoms. The average Bonchev–Trinajstić information content (AvgIpc) is 3.36. The molecule has 1 atom stereocenters. The summed E-state index contributed by atoms with van der Waals surface area (Å²) in [7, 11) is 1.81. The Morgan fingerprint density at radius 1 is 0.914 bits per heavy atom. The van der Waals surface area contributed by atoms with E-state index < -0.39 is 0 Å². The van der Waals surface area contributed by atoms with Gasteiger partial charge in [-0.15, -0.1) is 0 Å². The normalized spacial score (nSPS) is 18.1. The van der Waals surface area contributed by atoms with Crippen LogP contribution < -0.4 is 0 Å². The predicted octanol–water partition coefficient (Wildman–Crippen LogP) is 5.02. The molecule has 2 heterocycles. The zero-order valence-corrected chi connectivity index (χ0v) is 21.1. The highest BCUT2D eigenvalue weighted by atomic mass is 16.5. The molecule has 4 nitrogen and oxygen atoms in total. The van der Waals surface area contributed by atoms with Crippen LogP contribution in [0.4, 0.5) is 0 Å². The van der Waals surface area contributed by atoms with E-state index in [1.165, 1.54) is 49.9 Å². The lowest BCUT2D eigenvalue weighted by atomic mass is 9.84. The molecular formula is C31H39N3O. The minimum absolute atomic E-state index is 0.496. The van der Waals surface area contributed by atoms with E-state index in [0.29, 0.717) is 18.0 Å². The molecule has 35 heavy (non-hydrogen) atoms. The molecule has 1 aliphatic carbocycles. The maximum atomic E-state index is 5.55. The Balaban J connectivity index is 1.30. The molecule has 1 saturated heterocycles. The third-order valence-electron chi connectivity index (χ3n) is 8.11. The average molecular weight is 470 g/mol. The highest BCUT2D eigenvalue weighted by molar-refractivity contribution is 5.33. The van der Waals surface area contributed by atoms with Crippen molar-refractivity contribution in [3.63, 3.8) is 0 Å². The summed E-state index contributed by atoms with van der Waals surface area (Å²) < 4.78 is 5.55. The molecule has 1 fully saturated rings. The predicted molar refractivity (Wildman–Crippen MR) is 142 cm³/mol. The highest BCUT2D eigenvalue weighted by Gasteiger charge is 2.34. The van der Waals surface area contributed by atoms with Crippen molar-refractivity contribution in [1.82, 2.24) is 14.8 Å². The lowest BCUT2D eigenvalue weighted by molar-refractivity contribution is 0.0493. The first-order valence-corrected chi connectivity index (χ1v) is 13.3. The van der Waals surface area contributed by atoms with E-state index in [-0.39, 0.29) is 0 Å². The van der Waals surface area contributed by atoms with Gasteiger partial charge >= 0.3 is 0 Å². The van der Waals surface area contributed by atoms with Crippen LogP contribution in [0.2, 0.25) is 0 Å². The minimum Gasteiger partial charge on any atom is -0.383 e. The fourth-order valence-electron chi connectivity index (χ4n) is 6.21. The van der Waals surface area contributed by atoms with E-state index in [0.717, 1.165) is 26.1 Å². The molecule has 0 saturated carbocycles. The van der Waals surface area contributed by atoms with Crippen molar-refractivity contribution < 1.29 is 4.74 Å². The quantitative estimate of drug-likeness (QED) is 0.417. The fourth-order valence-corrected chi connectivity index (χ4v) is 6.21. The molecule has 0 bridgehead atoms. The summed E-state index contributed by atoms with van der Waals surface area (Å²) in [6.45, 7) is 5.04. The molecule has 0 unspecified atom stereocenters. The second-order valence-corrected chi connectivity index (χ2v) is 10.3.